The Balaban J connectivity index is 1.45. The Hall–Kier alpha value is -1.46. The molecule has 4 rings (SSSR count). The van der Waals surface area contributed by atoms with E-state index >= 15 is 0 Å². The summed E-state index contributed by atoms with van der Waals surface area (Å²) in [6, 6.07) is 4.37. The molecule has 1 amide bonds. The first-order chi connectivity index (χ1) is 11.2. The Morgan fingerprint density at radius 3 is 2.87 bits per heavy atom. The number of halogens is 1. The molecule has 124 valence electrons. The second kappa shape index (κ2) is 6.21. The number of nitrogens with one attached hydrogen (secondary N) is 1. The van der Waals surface area contributed by atoms with E-state index in [2.05, 4.69) is 10.2 Å². The molecule has 1 saturated heterocycles. The SMILES string of the molecule is O=C(N[C@H]1CCN(C2CC2)C1)c1cc(Cl)c2c(c1)OCCCO2. The Labute approximate surface area is 140 Å². The standard InChI is InChI=1S/C17H21ClN2O3/c18-14-8-11(9-15-16(14)23-7-1-6-22-15)17(21)19-12-4-5-20(10-12)13-2-3-13/h8-9,12-13H,1-7,10H2,(H,19,21)/t12-/m0/s1. The first kappa shape index (κ1) is 15.1. The molecule has 2 aliphatic heterocycles. The van der Waals surface area contributed by atoms with E-state index in [1.807, 2.05) is 0 Å². The molecule has 0 unspecified atom stereocenters. The summed E-state index contributed by atoms with van der Waals surface area (Å²) in [6.07, 6.45) is 4.43. The highest BCUT2D eigenvalue weighted by Gasteiger charge is 2.35. The number of fused-ring (bicyclic) bond motifs is 1. The molecule has 1 N–H and O–H groups in total. The van der Waals surface area contributed by atoms with E-state index < -0.39 is 0 Å². The van der Waals surface area contributed by atoms with Gasteiger partial charge in [-0.1, -0.05) is 11.6 Å². The molecule has 1 aromatic rings. The van der Waals surface area contributed by atoms with Crippen molar-refractivity contribution < 1.29 is 14.3 Å². The van der Waals surface area contributed by atoms with Crippen LogP contribution in [-0.2, 0) is 0 Å². The number of likely N-dealkylation sites (tertiary alicyclic amines) is 1. The molecule has 1 saturated carbocycles. The molecule has 0 radical (unpaired) electrons. The molecule has 0 spiro atoms. The number of ether oxygens (including phenoxy) is 2. The van der Waals surface area contributed by atoms with Crippen molar-refractivity contribution in [1.82, 2.24) is 10.2 Å². The molecular weight excluding hydrogens is 316 g/mol. The molecule has 1 aliphatic carbocycles. The van der Waals surface area contributed by atoms with Gasteiger partial charge in [-0.25, -0.2) is 0 Å². The van der Waals surface area contributed by atoms with Gasteiger partial charge in [0.25, 0.3) is 5.91 Å². The van der Waals surface area contributed by atoms with Crippen molar-refractivity contribution in [2.45, 2.75) is 37.8 Å². The topological polar surface area (TPSA) is 50.8 Å². The highest BCUT2D eigenvalue weighted by Crippen LogP contribution is 2.38. The summed E-state index contributed by atoms with van der Waals surface area (Å²) in [5, 5.41) is 3.55. The third-order valence-corrected chi connectivity index (χ3v) is 4.96. The van der Waals surface area contributed by atoms with Crippen LogP contribution in [0.2, 0.25) is 5.02 Å². The van der Waals surface area contributed by atoms with Gasteiger partial charge in [0.05, 0.1) is 18.2 Å². The summed E-state index contributed by atoms with van der Waals surface area (Å²) in [4.78, 5) is 15.0. The van der Waals surface area contributed by atoms with Gasteiger partial charge in [0.1, 0.15) is 0 Å². The van der Waals surface area contributed by atoms with Crippen LogP contribution in [0.1, 0.15) is 36.0 Å². The van der Waals surface area contributed by atoms with Gasteiger partial charge >= 0.3 is 0 Å². The summed E-state index contributed by atoms with van der Waals surface area (Å²) < 4.78 is 11.2. The number of hydrogen-bond donors (Lipinski definition) is 1. The summed E-state index contributed by atoms with van der Waals surface area (Å²) in [5.74, 6) is 1.01. The molecule has 2 fully saturated rings. The quantitative estimate of drug-likeness (QED) is 0.921. The Morgan fingerprint density at radius 1 is 1.22 bits per heavy atom. The van der Waals surface area contributed by atoms with Crippen LogP contribution >= 0.6 is 11.6 Å². The largest absolute Gasteiger partial charge is 0.489 e. The monoisotopic (exact) mass is 336 g/mol. The number of carbonyl (C=O) groups is 1. The van der Waals surface area contributed by atoms with Gasteiger partial charge in [0.15, 0.2) is 11.5 Å². The average Bonchev–Trinajstić information content (AvgIpc) is 3.32. The van der Waals surface area contributed by atoms with Crippen molar-refractivity contribution in [2.75, 3.05) is 26.3 Å². The van der Waals surface area contributed by atoms with E-state index in [4.69, 9.17) is 21.1 Å². The molecule has 6 heteroatoms. The van der Waals surface area contributed by atoms with Gasteiger partial charge in [0.2, 0.25) is 0 Å². The van der Waals surface area contributed by atoms with Crippen LogP contribution in [0.3, 0.4) is 0 Å². The highest BCUT2D eigenvalue weighted by molar-refractivity contribution is 6.32. The van der Waals surface area contributed by atoms with Crippen molar-refractivity contribution in [2.24, 2.45) is 0 Å². The Bertz CT molecular complexity index is 618. The first-order valence-corrected chi connectivity index (χ1v) is 8.72. The summed E-state index contributed by atoms with van der Waals surface area (Å²) >= 11 is 6.26. The molecule has 3 aliphatic rings. The number of nitrogens with zero attached hydrogens (tertiary/aromatic N) is 1. The maximum atomic E-state index is 12.5. The lowest BCUT2D eigenvalue weighted by Gasteiger charge is -2.16. The molecule has 0 aromatic heterocycles. The zero-order valence-corrected chi connectivity index (χ0v) is 13.8. The molecular formula is C17H21ClN2O3. The lowest BCUT2D eigenvalue weighted by atomic mass is 10.1. The fraction of sp³-hybridized carbons (Fsp3) is 0.588. The van der Waals surface area contributed by atoms with Crippen LogP contribution < -0.4 is 14.8 Å². The molecule has 2 heterocycles. The van der Waals surface area contributed by atoms with E-state index in [9.17, 15) is 4.79 Å². The summed E-state index contributed by atoms with van der Waals surface area (Å²) in [6.45, 7) is 3.19. The summed E-state index contributed by atoms with van der Waals surface area (Å²) in [7, 11) is 0. The minimum absolute atomic E-state index is 0.0924. The second-order valence-electron chi connectivity index (χ2n) is 6.52. The van der Waals surface area contributed by atoms with Crippen molar-refractivity contribution in [3.05, 3.63) is 22.7 Å². The van der Waals surface area contributed by atoms with Crippen LogP contribution in [0, 0.1) is 0 Å². The van der Waals surface area contributed by atoms with Crippen molar-refractivity contribution in [3.63, 3.8) is 0 Å². The number of rotatable bonds is 3. The van der Waals surface area contributed by atoms with Gasteiger partial charge < -0.3 is 14.8 Å². The first-order valence-electron chi connectivity index (χ1n) is 8.35. The second-order valence-corrected chi connectivity index (χ2v) is 6.93. The van der Waals surface area contributed by atoms with Crippen LogP contribution in [0.5, 0.6) is 11.5 Å². The normalized spacial score (nSPS) is 24.3. The number of benzene rings is 1. The molecule has 5 nitrogen and oxygen atoms in total. The van der Waals surface area contributed by atoms with Crippen LogP contribution in [0.15, 0.2) is 12.1 Å². The molecule has 1 atom stereocenters. The van der Waals surface area contributed by atoms with Crippen molar-refractivity contribution in [1.29, 1.82) is 0 Å². The van der Waals surface area contributed by atoms with Crippen molar-refractivity contribution in [3.8, 4) is 11.5 Å². The van der Waals surface area contributed by atoms with Gasteiger partial charge in [-0.05, 0) is 31.4 Å². The summed E-state index contributed by atoms with van der Waals surface area (Å²) in [5.41, 5.74) is 0.532. The molecule has 23 heavy (non-hydrogen) atoms. The van der Waals surface area contributed by atoms with E-state index in [-0.39, 0.29) is 11.9 Å². The zero-order valence-electron chi connectivity index (χ0n) is 13.0. The number of hydrogen-bond acceptors (Lipinski definition) is 4. The number of carbonyl (C=O) groups excluding carboxylic acids is 1. The Kier molecular flexibility index (Phi) is 4.07. The smallest absolute Gasteiger partial charge is 0.251 e. The molecule has 0 bridgehead atoms. The van der Waals surface area contributed by atoms with Crippen LogP contribution in [0.4, 0.5) is 0 Å². The minimum Gasteiger partial charge on any atom is -0.489 e. The van der Waals surface area contributed by atoms with Crippen LogP contribution in [-0.4, -0.2) is 49.2 Å². The predicted molar refractivity (Wildman–Crippen MR) is 87.5 cm³/mol. The van der Waals surface area contributed by atoms with E-state index in [1.54, 1.807) is 12.1 Å². The maximum Gasteiger partial charge on any atom is 0.251 e. The highest BCUT2D eigenvalue weighted by atomic mass is 35.5. The van der Waals surface area contributed by atoms with E-state index in [0.29, 0.717) is 35.3 Å². The minimum atomic E-state index is -0.0924. The Morgan fingerprint density at radius 2 is 2.04 bits per heavy atom. The lowest BCUT2D eigenvalue weighted by molar-refractivity contribution is 0.0937. The number of amides is 1. The van der Waals surface area contributed by atoms with Gasteiger partial charge in [-0.15, -0.1) is 0 Å². The fourth-order valence-corrected chi connectivity index (χ4v) is 3.57. The van der Waals surface area contributed by atoms with E-state index in [0.717, 1.165) is 32.0 Å². The average molecular weight is 337 g/mol. The maximum absolute atomic E-state index is 12.5. The predicted octanol–water partition coefficient (Wildman–Crippen LogP) is 2.47. The van der Waals surface area contributed by atoms with E-state index in [1.165, 1.54) is 12.8 Å². The molecule has 1 aromatic carbocycles. The lowest BCUT2D eigenvalue weighted by Crippen LogP contribution is -2.37. The zero-order chi connectivity index (χ0) is 15.8. The third kappa shape index (κ3) is 3.26. The van der Waals surface area contributed by atoms with Gasteiger partial charge in [0, 0.05) is 37.2 Å². The van der Waals surface area contributed by atoms with Crippen LogP contribution in [0.25, 0.3) is 0 Å². The fourth-order valence-electron chi connectivity index (χ4n) is 3.31. The van der Waals surface area contributed by atoms with Gasteiger partial charge in [-0.3, -0.25) is 9.69 Å². The third-order valence-electron chi connectivity index (χ3n) is 4.68. The van der Waals surface area contributed by atoms with Crippen molar-refractivity contribution >= 4 is 17.5 Å². The van der Waals surface area contributed by atoms with Gasteiger partial charge in [-0.2, -0.15) is 0 Å².